The maximum absolute atomic E-state index is 14.6. The highest BCUT2D eigenvalue weighted by Crippen LogP contribution is 2.52. The van der Waals surface area contributed by atoms with E-state index in [1.54, 1.807) is 0 Å². The van der Waals surface area contributed by atoms with Crippen LogP contribution in [-0.4, -0.2) is 37.0 Å². The first-order valence-corrected chi connectivity index (χ1v) is 13.5. The van der Waals surface area contributed by atoms with Crippen LogP contribution in [0.2, 0.25) is 0 Å². The second-order valence-corrected chi connectivity index (χ2v) is 10.3. The van der Waals surface area contributed by atoms with Crippen LogP contribution in [-0.2, 0) is 4.79 Å². The normalized spacial score (nSPS) is 18.5. The summed E-state index contributed by atoms with van der Waals surface area (Å²) in [5, 5.41) is 1.39. The number of hydrogen-bond donors (Lipinski definition) is 0. The molecule has 1 saturated heterocycles. The number of nitrogens with zero attached hydrogens (tertiary/aromatic N) is 2. The highest BCUT2D eigenvalue weighted by Gasteiger charge is 2.43. The summed E-state index contributed by atoms with van der Waals surface area (Å²) in [7, 11) is 0. The van der Waals surface area contributed by atoms with Gasteiger partial charge in [0.25, 0.3) is 0 Å². The molecule has 0 bridgehead atoms. The van der Waals surface area contributed by atoms with E-state index in [1.165, 1.54) is 5.69 Å². The Bertz CT molecular complexity index is 1720. The molecule has 0 saturated carbocycles. The van der Waals surface area contributed by atoms with Gasteiger partial charge in [-0.2, -0.15) is 0 Å². The van der Waals surface area contributed by atoms with Crippen molar-refractivity contribution in [3.63, 3.8) is 0 Å². The van der Waals surface area contributed by atoms with Gasteiger partial charge in [-0.05, 0) is 34.7 Å². The van der Waals surface area contributed by atoms with Crippen LogP contribution >= 0.6 is 0 Å². The van der Waals surface area contributed by atoms with Gasteiger partial charge in [-0.3, -0.25) is 4.79 Å². The average Bonchev–Trinajstić information content (AvgIpc) is 3.01. The van der Waals surface area contributed by atoms with Crippen molar-refractivity contribution >= 4 is 22.4 Å². The van der Waals surface area contributed by atoms with Crippen LogP contribution in [0.4, 0.5) is 5.69 Å². The van der Waals surface area contributed by atoms with Gasteiger partial charge in [0, 0.05) is 48.9 Å². The number of carbonyl (C=O) groups is 1. The summed E-state index contributed by atoms with van der Waals surface area (Å²) < 4.78 is 6.04. The molecule has 1 fully saturated rings. The first-order chi connectivity index (χ1) is 19.2. The Morgan fingerprint density at radius 3 is 2.05 bits per heavy atom. The number of para-hydroxylation sites is 1. The van der Waals surface area contributed by atoms with Crippen molar-refractivity contribution in [3.05, 3.63) is 136 Å². The molecular weight excluding hydrogens is 484 g/mol. The predicted octanol–water partition coefficient (Wildman–Crippen LogP) is 6.04. The third kappa shape index (κ3) is 3.93. The van der Waals surface area contributed by atoms with Crippen LogP contribution in [0.1, 0.15) is 28.5 Å². The summed E-state index contributed by atoms with van der Waals surface area (Å²) >= 11 is 0. The van der Waals surface area contributed by atoms with Crippen molar-refractivity contribution in [2.45, 2.75) is 11.8 Å². The zero-order valence-electron chi connectivity index (χ0n) is 21.5. The van der Waals surface area contributed by atoms with Gasteiger partial charge in [0.1, 0.15) is 5.76 Å². The summed E-state index contributed by atoms with van der Waals surface area (Å²) in [4.78, 5) is 32.0. The van der Waals surface area contributed by atoms with E-state index in [-0.39, 0.29) is 17.5 Å². The van der Waals surface area contributed by atoms with Crippen molar-refractivity contribution < 1.29 is 9.21 Å². The summed E-state index contributed by atoms with van der Waals surface area (Å²) in [6, 6.07) is 36.0. The van der Waals surface area contributed by atoms with Gasteiger partial charge in [0.05, 0.1) is 11.3 Å². The molecule has 192 valence electrons. The highest BCUT2D eigenvalue weighted by atomic mass is 16.4. The maximum Gasteiger partial charge on any atom is 0.344 e. The topological polar surface area (TPSA) is 53.8 Å². The monoisotopic (exact) mass is 512 g/mol. The van der Waals surface area contributed by atoms with E-state index in [1.807, 2.05) is 77.7 Å². The third-order valence-electron chi connectivity index (χ3n) is 8.20. The largest absolute Gasteiger partial charge is 0.422 e. The number of rotatable bonds is 3. The van der Waals surface area contributed by atoms with E-state index < -0.39 is 5.92 Å². The molecule has 5 heteroatoms. The van der Waals surface area contributed by atoms with Crippen LogP contribution in [0.3, 0.4) is 0 Å². The minimum absolute atomic E-state index is 0.116. The van der Waals surface area contributed by atoms with Crippen LogP contribution in [0.25, 0.3) is 22.1 Å². The number of carbonyl (C=O) groups excluding carboxylic acids is 1. The van der Waals surface area contributed by atoms with E-state index in [4.69, 9.17) is 4.42 Å². The molecule has 0 N–H and O–H groups in total. The van der Waals surface area contributed by atoms with Crippen molar-refractivity contribution in [1.29, 1.82) is 0 Å². The van der Waals surface area contributed by atoms with E-state index in [9.17, 15) is 9.59 Å². The Hall–Kier alpha value is -4.64. The molecule has 1 aliphatic heterocycles. The molecule has 5 nitrogen and oxygen atoms in total. The molecule has 1 aliphatic carbocycles. The summed E-state index contributed by atoms with van der Waals surface area (Å²) in [6.45, 7) is 2.89. The molecule has 0 spiro atoms. The Kier molecular flexibility index (Phi) is 5.77. The zero-order chi connectivity index (χ0) is 26.3. The predicted molar refractivity (Wildman–Crippen MR) is 154 cm³/mol. The molecule has 0 radical (unpaired) electrons. The molecule has 2 heterocycles. The van der Waals surface area contributed by atoms with Crippen molar-refractivity contribution in [2.24, 2.45) is 0 Å². The van der Waals surface area contributed by atoms with Gasteiger partial charge in [0.2, 0.25) is 5.91 Å². The maximum atomic E-state index is 14.6. The summed E-state index contributed by atoms with van der Waals surface area (Å²) in [6.07, 6.45) is 0. The Morgan fingerprint density at radius 2 is 1.31 bits per heavy atom. The van der Waals surface area contributed by atoms with Crippen LogP contribution in [0.5, 0.6) is 0 Å². The number of amides is 1. The molecule has 5 aromatic rings. The van der Waals surface area contributed by atoms with Gasteiger partial charge in [0.15, 0.2) is 0 Å². The Morgan fingerprint density at radius 1 is 0.692 bits per heavy atom. The number of piperazine rings is 1. The van der Waals surface area contributed by atoms with E-state index >= 15 is 0 Å². The third-order valence-corrected chi connectivity index (χ3v) is 8.20. The van der Waals surface area contributed by atoms with Crippen LogP contribution in [0.15, 0.2) is 118 Å². The molecule has 7 rings (SSSR count). The van der Waals surface area contributed by atoms with Gasteiger partial charge in [-0.15, -0.1) is 0 Å². The van der Waals surface area contributed by atoms with E-state index in [0.717, 1.165) is 40.7 Å². The van der Waals surface area contributed by atoms with Crippen molar-refractivity contribution in [1.82, 2.24) is 4.90 Å². The average molecular weight is 513 g/mol. The fourth-order valence-corrected chi connectivity index (χ4v) is 6.37. The van der Waals surface area contributed by atoms with Gasteiger partial charge < -0.3 is 14.2 Å². The molecule has 4 aromatic carbocycles. The zero-order valence-corrected chi connectivity index (χ0v) is 21.5. The minimum Gasteiger partial charge on any atom is -0.422 e. The van der Waals surface area contributed by atoms with E-state index in [2.05, 4.69) is 41.3 Å². The molecule has 1 amide bonds. The summed E-state index contributed by atoms with van der Waals surface area (Å²) in [5.41, 5.74) is 4.51. The molecule has 2 aliphatic rings. The number of benzene rings is 4. The first-order valence-electron chi connectivity index (χ1n) is 13.5. The second-order valence-electron chi connectivity index (χ2n) is 10.3. The molecule has 1 aromatic heterocycles. The minimum atomic E-state index is -0.435. The Labute approximate surface area is 226 Å². The number of anilines is 1. The van der Waals surface area contributed by atoms with Crippen LogP contribution in [0, 0.1) is 0 Å². The molecule has 39 heavy (non-hydrogen) atoms. The van der Waals surface area contributed by atoms with Crippen molar-refractivity contribution in [3.8, 4) is 11.3 Å². The first kappa shape index (κ1) is 23.5. The smallest absolute Gasteiger partial charge is 0.344 e. The lowest BCUT2D eigenvalue weighted by atomic mass is 9.69. The van der Waals surface area contributed by atoms with E-state index in [0.29, 0.717) is 24.2 Å². The van der Waals surface area contributed by atoms with Gasteiger partial charge in [-0.1, -0.05) is 91.0 Å². The standard InChI is InChI=1S/C34H28N2O3/c37-33(36-21-19-35(20-22-36)24-13-5-2-6-14-24)31-25-15-7-9-17-27(25)32-30(29(31)23-11-3-1-4-12-23)26-16-8-10-18-28(26)34(38)39-32/h1-18,29,31H,19-22H2. The fraction of sp³-hybridized carbons (Fsp3) is 0.176. The summed E-state index contributed by atoms with van der Waals surface area (Å²) in [5.74, 6) is -0.0356. The van der Waals surface area contributed by atoms with Gasteiger partial charge in [-0.25, -0.2) is 4.79 Å². The fourth-order valence-electron chi connectivity index (χ4n) is 6.37. The number of fused-ring (bicyclic) bond motifs is 5. The number of hydrogen-bond acceptors (Lipinski definition) is 4. The highest BCUT2D eigenvalue weighted by molar-refractivity contribution is 5.97. The molecule has 2 atom stereocenters. The Balaban J connectivity index is 1.36. The molecule has 2 unspecified atom stereocenters. The van der Waals surface area contributed by atoms with Gasteiger partial charge >= 0.3 is 5.63 Å². The SMILES string of the molecule is O=C(C1c2ccccc2-c2oc(=O)c3ccccc3c2C1c1ccccc1)N1CCN(c2ccccc2)CC1. The lowest BCUT2D eigenvalue weighted by molar-refractivity contribution is -0.133. The molecular formula is C34H28N2O3. The second kappa shape index (κ2) is 9.59. The van der Waals surface area contributed by atoms with Crippen LogP contribution < -0.4 is 10.5 Å². The quantitative estimate of drug-likeness (QED) is 0.296. The van der Waals surface area contributed by atoms with Crippen molar-refractivity contribution in [2.75, 3.05) is 31.1 Å². The lowest BCUT2D eigenvalue weighted by Gasteiger charge is -2.41. The lowest BCUT2D eigenvalue weighted by Crippen LogP contribution is -2.51.